The first-order valence-electron chi connectivity index (χ1n) is 8.13. The van der Waals surface area contributed by atoms with Gasteiger partial charge in [-0.15, -0.1) is 0 Å². The van der Waals surface area contributed by atoms with Crippen LogP contribution in [0.2, 0.25) is 0 Å². The highest BCUT2D eigenvalue weighted by Gasteiger charge is 2.21. The summed E-state index contributed by atoms with van der Waals surface area (Å²) < 4.78 is 11.9. The van der Waals surface area contributed by atoms with Crippen LogP contribution in [0.1, 0.15) is 63.0 Å². The first-order valence-corrected chi connectivity index (χ1v) is 8.13. The smallest absolute Gasteiger partial charge is 0.130 e. The van der Waals surface area contributed by atoms with Crippen molar-refractivity contribution >= 4 is 0 Å². The number of aryl methyl sites for hydroxylation is 1. The second-order valence-electron chi connectivity index (χ2n) is 5.95. The van der Waals surface area contributed by atoms with Crippen molar-refractivity contribution < 1.29 is 9.15 Å². The van der Waals surface area contributed by atoms with Crippen molar-refractivity contribution in [2.75, 3.05) is 6.54 Å². The fraction of sp³-hybridized carbons (Fsp3) is 0.765. The summed E-state index contributed by atoms with van der Waals surface area (Å²) in [6.07, 6.45) is 6.83. The van der Waals surface area contributed by atoms with Crippen LogP contribution in [0.15, 0.2) is 10.5 Å². The molecule has 1 fully saturated rings. The molecule has 0 bridgehead atoms. The molecule has 1 N–H and O–H groups in total. The quantitative estimate of drug-likeness (QED) is 0.813. The molecule has 1 aromatic heterocycles. The van der Waals surface area contributed by atoms with Gasteiger partial charge in [0.1, 0.15) is 18.1 Å². The largest absolute Gasteiger partial charge is 0.464 e. The summed E-state index contributed by atoms with van der Waals surface area (Å²) in [5, 5.41) is 3.34. The third-order valence-electron chi connectivity index (χ3n) is 4.41. The van der Waals surface area contributed by atoms with E-state index in [1.165, 1.54) is 37.7 Å². The highest BCUT2D eigenvalue weighted by Crippen LogP contribution is 2.29. The summed E-state index contributed by atoms with van der Waals surface area (Å²) in [7, 11) is 0. The minimum atomic E-state index is 0.427. The second-order valence-corrected chi connectivity index (χ2v) is 5.95. The van der Waals surface area contributed by atoms with Crippen LogP contribution in [0.25, 0.3) is 0 Å². The van der Waals surface area contributed by atoms with E-state index in [0.717, 1.165) is 30.5 Å². The van der Waals surface area contributed by atoms with Crippen LogP contribution in [-0.4, -0.2) is 12.6 Å². The maximum atomic E-state index is 6.06. The van der Waals surface area contributed by atoms with Crippen LogP contribution in [0.3, 0.4) is 0 Å². The average Bonchev–Trinajstić information content (AvgIpc) is 2.83. The van der Waals surface area contributed by atoms with E-state index in [-0.39, 0.29) is 0 Å². The summed E-state index contributed by atoms with van der Waals surface area (Å²) in [6.45, 7) is 8.92. The lowest BCUT2D eigenvalue weighted by Gasteiger charge is -2.28. The molecule has 2 atom stereocenters. The highest BCUT2D eigenvalue weighted by molar-refractivity contribution is 5.20. The summed E-state index contributed by atoms with van der Waals surface area (Å²) in [5.74, 6) is 2.84. The Morgan fingerprint density at radius 3 is 2.95 bits per heavy atom. The van der Waals surface area contributed by atoms with Crippen molar-refractivity contribution in [3.63, 3.8) is 0 Å². The van der Waals surface area contributed by atoms with Gasteiger partial charge in [-0.3, -0.25) is 0 Å². The van der Waals surface area contributed by atoms with Crippen molar-refractivity contribution in [3.8, 4) is 0 Å². The Morgan fingerprint density at radius 1 is 1.35 bits per heavy atom. The van der Waals surface area contributed by atoms with Crippen molar-refractivity contribution in [2.45, 2.75) is 72.1 Å². The zero-order valence-electron chi connectivity index (χ0n) is 13.2. The normalized spacial score (nSPS) is 23.1. The van der Waals surface area contributed by atoms with Crippen LogP contribution in [0.4, 0.5) is 0 Å². The molecule has 0 aromatic carbocycles. The van der Waals surface area contributed by atoms with Gasteiger partial charge in [-0.25, -0.2) is 0 Å². The van der Waals surface area contributed by atoms with Crippen molar-refractivity contribution in [2.24, 2.45) is 5.92 Å². The van der Waals surface area contributed by atoms with Crippen molar-refractivity contribution in [1.82, 2.24) is 5.32 Å². The molecule has 3 nitrogen and oxygen atoms in total. The first-order chi connectivity index (χ1) is 9.72. The van der Waals surface area contributed by atoms with Gasteiger partial charge in [-0.1, -0.05) is 33.1 Å². The third kappa shape index (κ3) is 4.35. The predicted molar refractivity (Wildman–Crippen MR) is 81.7 cm³/mol. The number of hydrogen-bond acceptors (Lipinski definition) is 3. The molecule has 0 saturated heterocycles. The maximum Gasteiger partial charge on any atom is 0.130 e. The SMILES string of the molecule is CCNCc1cc(COC2CCCC(CC)C2)oc1C. The fourth-order valence-electron chi connectivity index (χ4n) is 3.06. The van der Waals surface area contributed by atoms with Gasteiger partial charge < -0.3 is 14.5 Å². The van der Waals surface area contributed by atoms with Crippen LogP contribution in [0, 0.1) is 12.8 Å². The van der Waals surface area contributed by atoms with E-state index in [4.69, 9.17) is 9.15 Å². The summed E-state index contributed by atoms with van der Waals surface area (Å²) in [5.41, 5.74) is 1.25. The summed E-state index contributed by atoms with van der Waals surface area (Å²) in [4.78, 5) is 0. The Kier molecular flexibility index (Phi) is 6.11. The van der Waals surface area contributed by atoms with E-state index in [1.54, 1.807) is 0 Å². The number of nitrogens with one attached hydrogen (secondary N) is 1. The van der Waals surface area contributed by atoms with Gasteiger partial charge in [-0.05, 0) is 38.3 Å². The first kappa shape index (κ1) is 15.6. The van der Waals surface area contributed by atoms with Crippen LogP contribution in [-0.2, 0) is 17.9 Å². The fourth-order valence-corrected chi connectivity index (χ4v) is 3.06. The summed E-state index contributed by atoms with van der Waals surface area (Å²) >= 11 is 0. The molecule has 0 spiro atoms. The molecule has 1 aliphatic rings. The Hall–Kier alpha value is -0.800. The number of furan rings is 1. The van der Waals surface area contributed by atoms with E-state index < -0.39 is 0 Å². The van der Waals surface area contributed by atoms with E-state index >= 15 is 0 Å². The zero-order chi connectivity index (χ0) is 14.4. The Labute approximate surface area is 123 Å². The Balaban J connectivity index is 1.81. The highest BCUT2D eigenvalue weighted by atomic mass is 16.5. The van der Waals surface area contributed by atoms with Gasteiger partial charge in [0.25, 0.3) is 0 Å². The minimum Gasteiger partial charge on any atom is -0.464 e. The lowest BCUT2D eigenvalue weighted by Crippen LogP contribution is -2.22. The van der Waals surface area contributed by atoms with Gasteiger partial charge in [-0.2, -0.15) is 0 Å². The van der Waals surface area contributed by atoms with Crippen molar-refractivity contribution in [1.29, 1.82) is 0 Å². The number of hydrogen-bond donors (Lipinski definition) is 1. The molecule has 20 heavy (non-hydrogen) atoms. The maximum absolute atomic E-state index is 6.06. The average molecular weight is 279 g/mol. The van der Waals surface area contributed by atoms with Crippen LogP contribution < -0.4 is 5.32 Å². The number of rotatable bonds is 7. The van der Waals surface area contributed by atoms with E-state index in [0.29, 0.717) is 12.7 Å². The van der Waals surface area contributed by atoms with Gasteiger partial charge in [0, 0.05) is 12.1 Å². The molecule has 3 heteroatoms. The van der Waals surface area contributed by atoms with Crippen LogP contribution in [0.5, 0.6) is 0 Å². The second kappa shape index (κ2) is 7.84. The van der Waals surface area contributed by atoms with Gasteiger partial charge >= 0.3 is 0 Å². The standard InChI is InChI=1S/C17H29NO2/c1-4-14-7-6-8-16(9-14)19-12-17-10-15(11-18-5-2)13(3)20-17/h10,14,16,18H,4-9,11-12H2,1-3H3. The minimum absolute atomic E-state index is 0.427. The van der Waals surface area contributed by atoms with Gasteiger partial charge in [0.2, 0.25) is 0 Å². The number of ether oxygens (including phenoxy) is 1. The van der Waals surface area contributed by atoms with Crippen molar-refractivity contribution in [3.05, 3.63) is 23.2 Å². The lowest BCUT2D eigenvalue weighted by atomic mass is 9.85. The molecule has 2 unspecified atom stereocenters. The third-order valence-corrected chi connectivity index (χ3v) is 4.41. The molecule has 1 aliphatic carbocycles. The van der Waals surface area contributed by atoms with Crippen LogP contribution >= 0.6 is 0 Å². The Bertz CT molecular complexity index is 400. The molecule has 0 radical (unpaired) electrons. The van der Waals surface area contributed by atoms with Gasteiger partial charge in [0.05, 0.1) is 6.10 Å². The molecule has 114 valence electrons. The molecule has 1 aromatic rings. The monoisotopic (exact) mass is 279 g/mol. The van der Waals surface area contributed by atoms with E-state index in [2.05, 4.69) is 25.2 Å². The Morgan fingerprint density at radius 2 is 2.20 bits per heavy atom. The molecular weight excluding hydrogens is 250 g/mol. The molecule has 1 heterocycles. The van der Waals surface area contributed by atoms with E-state index in [1.807, 2.05) is 6.92 Å². The molecule has 2 rings (SSSR count). The summed E-state index contributed by atoms with van der Waals surface area (Å²) in [6, 6.07) is 2.14. The lowest BCUT2D eigenvalue weighted by molar-refractivity contribution is -0.00556. The molecule has 0 amide bonds. The zero-order valence-corrected chi connectivity index (χ0v) is 13.2. The van der Waals surface area contributed by atoms with E-state index in [9.17, 15) is 0 Å². The topological polar surface area (TPSA) is 34.4 Å². The molecule has 1 saturated carbocycles. The van der Waals surface area contributed by atoms with Gasteiger partial charge in [0.15, 0.2) is 0 Å². The molecular formula is C17H29NO2. The molecule has 0 aliphatic heterocycles. The predicted octanol–water partition coefficient (Wildman–Crippen LogP) is 4.18.